The van der Waals surface area contributed by atoms with E-state index in [9.17, 15) is 4.79 Å². The summed E-state index contributed by atoms with van der Waals surface area (Å²) in [6.45, 7) is 6.99. The van der Waals surface area contributed by atoms with Gasteiger partial charge in [-0.1, -0.05) is 19.1 Å². The molecule has 1 aromatic rings. The fourth-order valence-electron chi connectivity index (χ4n) is 1.42. The summed E-state index contributed by atoms with van der Waals surface area (Å²) in [4.78, 5) is 11.4. The van der Waals surface area contributed by atoms with E-state index in [4.69, 9.17) is 4.74 Å². The molecule has 2 amide bonds. The summed E-state index contributed by atoms with van der Waals surface area (Å²) in [7, 11) is 0. The molecule has 0 aliphatic carbocycles. The van der Waals surface area contributed by atoms with Crippen LogP contribution < -0.4 is 15.4 Å². The maximum atomic E-state index is 11.4. The van der Waals surface area contributed by atoms with Gasteiger partial charge in [-0.3, -0.25) is 0 Å². The summed E-state index contributed by atoms with van der Waals surface area (Å²) in [6.07, 6.45) is 0.924. The molecule has 0 fully saturated rings. The first kappa shape index (κ1) is 14.4. The van der Waals surface area contributed by atoms with Crippen molar-refractivity contribution in [3.8, 4) is 5.75 Å². The van der Waals surface area contributed by atoms with Crippen LogP contribution in [-0.2, 0) is 0 Å². The van der Waals surface area contributed by atoms with Crippen molar-refractivity contribution in [3.63, 3.8) is 0 Å². The first-order chi connectivity index (χ1) is 8.61. The van der Waals surface area contributed by atoms with Gasteiger partial charge >= 0.3 is 6.03 Å². The molecule has 0 spiro atoms. The Morgan fingerprint density at radius 1 is 1.44 bits per heavy atom. The van der Waals surface area contributed by atoms with Gasteiger partial charge in [-0.15, -0.1) is 0 Å². The van der Waals surface area contributed by atoms with Gasteiger partial charge in [-0.05, 0) is 38.0 Å². The second kappa shape index (κ2) is 7.58. The molecule has 0 radical (unpaired) electrons. The number of carbonyl (C=O) groups is 1. The molecule has 0 bridgehead atoms. The first-order valence-corrected chi connectivity index (χ1v) is 6.35. The second-order valence-electron chi connectivity index (χ2n) is 4.37. The van der Waals surface area contributed by atoms with Crippen LogP contribution in [0.2, 0.25) is 0 Å². The van der Waals surface area contributed by atoms with Crippen LogP contribution in [0.3, 0.4) is 0 Å². The molecule has 0 aromatic heterocycles. The molecule has 4 nitrogen and oxygen atoms in total. The van der Waals surface area contributed by atoms with E-state index in [1.807, 2.05) is 45.0 Å². The van der Waals surface area contributed by atoms with Crippen LogP contribution >= 0.6 is 0 Å². The highest BCUT2D eigenvalue weighted by Crippen LogP contribution is 2.11. The molecule has 0 saturated carbocycles. The molecule has 1 atom stereocenters. The third-order valence-corrected chi connectivity index (χ3v) is 2.64. The zero-order valence-electron chi connectivity index (χ0n) is 11.3. The molecule has 0 aliphatic heterocycles. The van der Waals surface area contributed by atoms with Crippen molar-refractivity contribution >= 4 is 6.03 Å². The van der Waals surface area contributed by atoms with E-state index in [0.29, 0.717) is 13.2 Å². The second-order valence-corrected chi connectivity index (χ2v) is 4.37. The Labute approximate surface area is 109 Å². The van der Waals surface area contributed by atoms with Crippen molar-refractivity contribution in [2.75, 3.05) is 13.2 Å². The largest absolute Gasteiger partial charge is 0.492 e. The van der Waals surface area contributed by atoms with Crippen LogP contribution in [0, 0.1) is 6.92 Å². The van der Waals surface area contributed by atoms with Gasteiger partial charge in [0, 0.05) is 6.04 Å². The topological polar surface area (TPSA) is 50.4 Å². The lowest BCUT2D eigenvalue weighted by molar-refractivity contribution is 0.233. The van der Waals surface area contributed by atoms with Crippen LogP contribution in [0.5, 0.6) is 5.75 Å². The van der Waals surface area contributed by atoms with Gasteiger partial charge in [0.25, 0.3) is 0 Å². The van der Waals surface area contributed by atoms with Gasteiger partial charge < -0.3 is 15.4 Å². The molecule has 100 valence electrons. The molecule has 4 heteroatoms. The van der Waals surface area contributed by atoms with Crippen LogP contribution in [0.15, 0.2) is 24.3 Å². The maximum absolute atomic E-state index is 11.4. The van der Waals surface area contributed by atoms with E-state index in [1.54, 1.807) is 0 Å². The van der Waals surface area contributed by atoms with Gasteiger partial charge in [0.1, 0.15) is 12.4 Å². The number of aryl methyl sites for hydroxylation is 1. The third-order valence-electron chi connectivity index (χ3n) is 2.64. The summed E-state index contributed by atoms with van der Waals surface area (Å²) < 4.78 is 5.53. The molecule has 18 heavy (non-hydrogen) atoms. The summed E-state index contributed by atoms with van der Waals surface area (Å²) in [5.74, 6) is 0.833. The molecule has 0 heterocycles. The van der Waals surface area contributed by atoms with Gasteiger partial charge in [0.2, 0.25) is 0 Å². The number of benzene rings is 1. The number of rotatable bonds is 6. The maximum Gasteiger partial charge on any atom is 0.315 e. The highest BCUT2D eigenvalue weighted by atomic mass is 16.5. The van der Waals surface area contributed by atoms with Gasteiger partial charge in [-0.2, -0.15) is 0 Å². The zero-order valence-corrected chi connectivity index (χ0v) is 11.3. The van der Waals surface area contributed by atoms with E-state index in [2.05, 4.69) is 10.6 Å². The SMILES string of the molecule is CCC(C)NC(=O)NCCOc1cccc(C)c1. The number of amides is 2. The Balaban J connectivity index is 2.17. The Bertz CT molecular complexity index is 380. The smallest absolute Gasteiger partial charge is 0.315 e. The van der Waals surface area contributed by atoms with Crippen molar-refractivity contribution in [3.05, 3.63) is 29.8 Å². The zero-order chi connectivity index (χ0) is 13.4. The predicted molar refractivity (Wildman–Crippen MR) is 73.0 cm³/mol. The summed E-state index contributed by atoms with van der Waals surface area (Å²) in [5.41, 5.74) is 1.16. The fraction of sp³-hybridized carbons (Fsp3) is 0.500. The lowest BCUT2D eigenvalue weighted by atomic mass is 10.2. The molecule has 1 aromatic carbocycles. The third kappa shape index (κ3) is 5.57. The Morgan fingerprint density at radius 2 is 2.22 bits per heavy atom. The van der Waals surface area contributed by atoms with Gasteiger partial charge in [0.05, 0.1) is 6.54 Å². The predicted octanol–water partition coefficient (Wildman–Crippen LogP) is 2.47. The normalized spacial score (nSPS) is 11.7. The Kier molecular flexibility index (Phi) is 6.05. The van der Waals surface area contributed by atoms with Crippen LogP contribution in [0.4, 0.5) is 4.79 Å². The molecule has 0 aliphatic rings. The summed E-state index contributed by atoms with van der Waals surface area (Å²) in [5, 5.41) is 5.59. The Hall–Kier alpha value is -1.71. The number of ether oxygens (including phenoxy) is 1. The highest BCUT2D eigenvalue weighted by Gasteiger charge is 2.03. The van der Waals surface area contributed by atoms with Crippen LogP contribution in [0.25, 0.3) is 0 Å². The van der Waals surface area contributed by atoms with Crippen LogP contribution in [0.1, 0.15) is 25.8 Å². The molecule has 0 saturated heterocycles. The van der Waals surface area contributed by atoms with E-state index in [0.717, 1.165) is 17.7 Å². The minimum absolute atomic E-state index is 0.141. The van der Waals surface area contributed by atoms with Crippen molar-refractivity contribution in [1.82, 2.24) is 10.6 Å². The van der Waals surface area contributed by atoms with E-state index < -0.39 is 0 Å². The number of nitrogens with one attached hydrogen (secondary N) is 2. The standard InChI is InChI=1S/C14H22N2O2/c1-4-12(3)16-14(17)15-8-9-18-13-7-5-6-11(2)10-13/h5-7,10,12H,4,8-9H2,1-3H3,(H2,15,16,17). The molecular weight excluding hydrogens is 228 g/mol. The molecular formula is C14H22N2O2. The number of hydrogen-bond donors (Lipinski definition) is 2. The van der Waals surface area contributed by atoms with Gasteiger partial charge in [0.15, 0.2) is 0 Å². The molecule has 2 N–H and O–H groups in total. The van der Waals surface area contributed by atoms with Gasteiger partial charge in [-0.25, -0.2) is 4.79 Å². The van der Waals surface area contributed by atoms with E-state index >= 15 is 0 Å². The van der Waals surface area contributed by atoms with Crippen molar-refractivity contribution in [2.24, 2.45) is 0 Å². The number of carbonyl (C=O) groups excluding carboxylic acids is 1. The lowest BCUT2D eigenvalue weighted by Gasteiger charge is -2.13. The summed E-state index contributed by atoms with van der Waals surface area (Å²) >= 11 is 0. The average molecular weight is 250 g/mol. The molecule has 1 rings (SSSR count). The Morgan fingerprint density at radius 3 is 2.89 bits per heavy atom. The number of urea groups is 1. The van der Waals surface area contributed by atoms with Crippen molar-refractivity contribution in [1.29, 1.82) is 0 Å². The number of hydrogen-bond acceptors (Lipinski definition) is 2. The van der Waals surface area contributed by atoms with Crippen molar-refractivity contribution < 1.29 is 9.53 Å². The molecule has 1 unspecified atom stereocenters. The minimum atomic E-state index is -0.141. The van der Waals surface area contributed by atoms with E-state index in [-0.39, 0.29) is 12.1 Å². The average Bonchev–Trinajstić information content (AvgIpc) is 2.34. The first-order valence-electron chi connectivity index (χ1n) is 6.35. The van der Waals surface area contributed by atoms with E-state index in [1.165, 1.54) is 0 Å². The fourth-order valence-corrected chi connectivity index (χ4v) is 1.42. The minimum Gasteiger partial charge on any atom is -0.492 e. The summed E-state index contributed by atoms with van der Waals surface area (Å²) in [6, 6.07) is 7.91. The van der Waals surface area contributed by atoms with Crippen LogP contribution in [-0.4, -0.2) is 25.2 Å². The van der Waals surface area contributed by atoms with Crippen molar-refractivity contribution in [2.45, 2.75) is 33.2 Å². The quantitative estimate of drug-likeness (QED) is 0.762. The highest BCUT2D eigenvalue weighted by molar-refractivity contribution is 5.74. The lowest BCUT2D eigenvalue weighted by Crippen LogP contribution is -2.41. The monoisotopic (exact) mass is 250 g/mol.